The topological polar surface area (TPSA) is 68.0 Å². The van der Waals surface area contributed by atoms with Crippen LogP contribution in [0, 0.1) is 0 Å². The van der Waals surface area contributed by atoms with E-state index in [1.807, 2.05) is 24.3 Å². The van der Waals surface area contributed by atoms with E-state index in [9.17, 15) is 0 Å². The second-order valence-corrected chi connectivity index (χ2v) is 5.22. The first-order valence-electron chi connectivity index (χ1n) is 6.81. The number of fused-ring (bicyclic) bond motifs is 1. The highest BCUT2D eigenvalue weighted by molar-refractivity contribution is 6.30. The number of nitrogens with one attached hydrogen (secondary N) is 1. The molecule has 1 atom stereocenters. The molecule has 3 rings (SSSR count). The summed E-state index contributed by atoms with van der Waals surface area (Å²) in [6, 6.07) is 11.7. The Kier molecular flexibility index (Phi) is 3.96. The average Bonchev–Trinajstić information content (AvgIpc) is 2.97. The molecule has 0 amide bonds. The molecule has 108 valence electrons. The molecular formula is C14H15ClN6. The van der Waals surface area contributed by atoms with Crippen molar-refractivity contribution in [3.63, 3.8) is 0 Å². The zero-order valence-electron chi connectivity index (χ0n) is 11.6. The van der Waals surface area contributed by atoms with E-state index >= 15 is 0 Å². The number of hydrogen-bond acceptors (Lipinski definition) is 5. The fraction of sp³-hybridized carbons (Fsp3) is 0.286. The molecule has 21 heavy (non-hydrogen) atoms. The highest BCUT2D eigenvalue weighted by atomic mass is 35.5. The minimum absolute atomic E-state index is 0.397. The highest BCUT2D eigenvalue weighted by Gasteiger charge is 2.10. The Balaban J connectivity index is 1.70. The predicted molar refractivity (Wildman–Crippen MR) is 81.6 cm³/mol. The van der Waals surface area contributed by atoms with E-state index in [0.29, 0.717) is 11.6 Å². The molecule has 6 nitrogen and oxygen atoms in total. The van der Waals surface area contributed by atoms with Gasteiger partial charge in [0.25, 0.3) is 0 Å². The van der Waals surface area contributed by atoms with Gasteiger partial charge in [0.2, 0.25) is 0 Å². The standard InChI is InChI=1S/C14H15ClN6/c1-2-10(11-3-5-12(15)6-4-11)9-16-13-7-8-14-17-19-20-21(14)18-13/h3-8,10H,2,9H2,1H3,(H,16,18). The van der Waals surface area contributed by atoms with Crippen LogP contribution in [-0.2, 0) is 0 Å². The first kappa shape index (κ1) is 13.8. The summed E-state index contributed by atoms with van der Waals surface area (Å²) in [6.45, 7) is 2.96. The van der Waals surface area contributed by atoms with E-state index in [-0.39, 0.29) is 0 Å². The molecule has 1 N–H and O–H groups in total. The Morgan fingerprint density at radius 1 is 1.19 bits per heavy atom. The Bertz CT molecular complexity index is 724. The molecule has 2 aromatic heterocycles. The summed E-state index contributed by atoms with van der Waals surface area (Å²) < 4.78 is 1.41. The first-order chi connectivity index (χ1) is 10.3. The molecular weight excluding hydrogens is 288 g/mol. The van der Waals surface area contributed by atoms with Gasteiger partial charge in [-0.2, -0.15) is 0 Å². The van der Waals surface area contributed by atoms with Gasteiger partial charge in [0.1, 0.15) is 5.82 Å². The summed E-state index contributed by atoms with van der Waals surface area (Å²) in [7, 11) is 0. The predicted octanol–water partition coefficient (Wildman–Crippen LogP) is 2.78. The quantitative estimate of drug-likeness (QED) is 0.785. The molecule has 2 heterocycles. The van der Waals surface area contributed by atoms with Crippen LogP contribution in [0.1, 0.15) is 24.8 Å². The van der Waals surface area contributed by atoms with Gasteiger partial charge in [-0.25, -0.2) is 0 Å². The lowest BCUT2D eigenvalue weighted by Gasteiger charge is -2.16. The number of rotatable bonds is 5. The second kappa shape index (κ2) is 6.05. The molecule has 1 aromatic carbocycles. The van der Waals surface area contributed by atoms with E-state index in [2.05, 4.69) is 45.0 Å². The van der Waals surface area contributed by atoms with Crippen LogP contribution in [0.15, 0.2) is 36.4 Å². The van der Waals surface area contributed by atoms with Gasteiger partial charge in [0.15, 0.2) is 5.65 Å². The van der Waals surface area contributed by atoms with Gasteiger partial charge >= 0.3 is 0 Å². The Morgan fingerprint density at radius 2 is 2.00 bits per heavy atom. The van der Waals surface area contributed by atoms with Gasteiger partial charge in [-0.15, -0.1) is 14.8 Å². The van der Waals surface area contributed by atoms with Crippen LogP contribution in [0.3, 0.4) is 0 Å². The second-order valence-electron chi connectivity index (χ2n) is 4.78. The minimum Gasteiger partial charge on any atom is -0.368 e. The van der Waals surface area contributed by atoms with Gasteiger partial charge in [-0.3, -0.25) is 0 Å². The smallest absolute Gasteiger partial charge is 0.200 e. The van der Waals surface area contributed by atoms with Crippen LogP contribution < -0.4 is 5.32 Å². The third kappa shape index (κ3) is 3.11. The lowest BCUT2D eigenvalue weighted by atomic mass is 9.96. The van der Waals surface area contributed by atoms with E-state index in [1.165, 1.54) is 10.2 Å². The van der Waals surface area contributed by atoms with Gasteiger partial charge in [-0.1, -0.05) is 30.7 Å². The van der Waals surface area contributed by atoms with Crippen molar-refractivity contribution in [3.8, 4) is 0 Å². The molecule has 0 aliphatic heterocycles. The molecule has 0 bridgehead atoms. The molecule has 7 heteroatoms. The lowest BCUT2D eigenvalue weighted by Crippen LogP contribution is -2.13. The van der Waals surface area contributed by atoms with Crippen LogP contribution >= 0.6 is 11.6 Å². The Hall–Kier alpha value is -2.21. The maximum atomic E-state index is 5.93. The summed E-state index contributed by atoms with van der Waals surface area (Å²) in [5.74, 6) is 1.15. The van der Waals surface area contributed by atoms with Crippen molar-refractivity contribution < 1.29 is 0 Å². The normalized spacial score (nSPS) is 12.5. The Labute approximate surface area is 127 Å². The van der Waals surface area contributed by atoms with E-state index in [0.717, 1.165) is 23.8 Å². The maximum Gasteiger partial charge on any atom is 0.200 e. The average molecular weight is 303 g/mol. The van der Waals surface area contributed by atoms with Crippen molar-refractivity contribution in [1.29, 1.82) is 0 Å². The van der Waals surface area contributed by atoms with E-state index in [4.69, 9.17) is 11.6 Å². The van der Waals surface area contributed by atoms with Gasteiger partial charge in [-0.05, 0) is 46.7 Å². The summed E-state index contributed by atoms with van der Waals surface area (Å²) in [4.78, 5) is 0. The maximum absolute atomic E-state index is 5.93. The Morgan fingerprint density at radius 3 is 2.76 bits per heavy atom. The van der Waals surface area contributed by atoms with Gasteiger partial charge < -0.3 is 5.32 Å². The number of tetrazole rings is 1. The molecule has 1 unspecified atom stereocenters. The number of halogens is 1. The summed E-state index contributed by atoms with van der Waals surface area (Å²) in [6.07, 6.45) is 1.03. The highest BCUT2D eigenvalue weighted by Crippen LogP contribution is 2.21. The number of aromatic nitrogens is 5. The largest absolute Gasteiger partial charge is 0.368 e. The van der Waals surface area contributed by atoms with Crippen LogP contribution in [-0.4, -0.2) is 31.8 Å². The number of nitrogens with zero attached hydrogens (tertiary/aromatic N) is 5. The monoisotopic (exact) mass is 302 g/mol. The molecule has 0 aliphatic rings. The molecule has 0 radical (unpaired) electrons. The molecule has 0 aliphatic carbocycles. The summed E-state index contributed by atoms with van der Waals surface area (Å²) >= 11 is 5.93. The van der Waals surface area contributed by atoms with Gasteiger partial charge in [0, 0.05) is 17.5 Å². The van der Waals surface area contributed by atoms with Crippen LogP contribution in [0.2, 0.25) is 5.02 Å². The van der Waals surface area contributed by atoms with Crippen molar-refractivity contribution in [2.45, 2.75) is 19.3 Å². The van der Waals surface area contributed by atoms with Crippen molar-refractivity contribution in [2.24, 2.45) is 0 Å². The SMILES string of the molecule is CCC(CNc1ccc2nnnn2n1)c1ccc(Cl)cc1. The van der Waals surface area contributed by atoms with Crippen molar-refractivity contribution >= 4 is 23.1 Å². The third-order valence-corrected chi connectivity index (χ3v) is 3.69. The third-order valence-electron chi connectivity index (χ3n) is 3.43. The summed E-state index contributed by atoms with van der Waals surface area (Å²) in [5.41, 5.74) is 1.89. The lowest BCUT2D eigenvalue weighted by molar-refractivity contribution is 0.685. The van der Waals surface area contributed by atoms with Gasteiger partial charge in [0.05, 0.1) is 0 Å². The zero-order valence-corrected chi connectivity index (χ0v) is 12.3. The zero-order chi connectivity index (χ0) is 14.7. The van der Waals surface area contributed by atoms with Crippen molar-refractivity contribution in [1.82, 2.24) is 25.3 Å². The number of benzene rings is 1. The fourth-order valence-electron chi connectivity index (χ4n) is 2.20. The van der Waals surface area contributed by atoms with E-state index < -0.39 is 0 Å². The summed E-state index contributed by atoms with van der Waals surface area (Å²) in [5, 5.41) is 19.6. The minimum atomic E-state index is 0.397. The van der Waals surface area contributed by atoms with Crippen molar-refractivity contribution in [2.75, 3.05) is 11.9 Å². The molecule has 0 saturated heterocycles. The van der Waals surface area contributed by atoms with Crippen LogP contribution in [0.5, 0.6) is 0 Å². The van der Waals surface area contributed by atoms with Crippen LogP contribution in [0.4, 0.5) is 5.82 Å². The van der Waals surface area contributed by atoms with E-state index in [1.54, 1.807) is 0 Å². The van der Waals surface area contributed by atoms with Crippen LogP contribution in [0.25, 0.3) is 5.65 Å². The number of hydrogen-bond donors (Lipinski definition) is 1. The fourth-order valence-corrected chi connectivity index (χ4v) is 2.33. The number of anilines is 1. The molecule has 3 aromatic rings. The molecule has 0 saturated carbocycles. The molecule has 0 spiro atoms. The molecule has 0 fully saturated rings. The van der Waals surface area contributed by atoms with Crippen molar-refractivity contribution in [3.05, 3.63) is 47.0 Å². The first-order valence-corrected chi connectivity index (χ1v) is 7.19.